The van der Waals surface area contributed by atoms with Crippen LogP contribution in [0.4, 0.5) is 0 Å². The molecule has 240 valence electrons. The Morgan fingerprint density at radius 2 is 1.84 bits per heavy atom. The summed E-state index contributed by atoms with van der Waals surface area (Å²) in [5, 5.41) is 15.2. The zero-order valence-corrected chi connectivity index (χ0v) is 28.3. The van der Waals surface area contributed by atoms with E-state index < -0.39 is 43.0 Å². The lowest BCUT2D eigenvalue weighted by Crippen LogP contribution is -2.50. The Bertz CT molecular complexity index is 1550. The van der Waals surface area contributed by atoms with Crippen molar-refractivity contribution in [2.24, 2.45) is 22.4 Å². The smallest absolute Gasteiger partial charge is 0.344 e. The van der Waals surface area contributed by atoms with E-state index in [0.29, 0.717) is 17.6 Å². The minimum absolute atomic E-state index is 0.0272. The number of benzene rings is 2. The molecule has 3 aliphatic rings. The summed E-state index contributed by atoms with van der Waals surface area (Å²) in [4.78, 5) is 25.8. The largest absolute Gasteiger partial charge is 0.508 e. The number of phenolic OH excluding ortho intramolecular Hbond substituents is 1. The van der Waals surface area contributed by atoms with Crippen molar-refractivity contribution in [3.8, 4) is 5.75 Å². The van der Waals surface area contributed by atoms with Gasteiger partial charge in [-0.15, -0.1) is 0 Å². The summed E-state index contributed by atoms with van der Waals surface area (Å²) in [5.74, 6) is -0.137. The van der Waals surface area contributed by atoms with Crippen LogP contribution in [0.3, 0.4) is 0 Å². The van der Waals surface area contributed by atoms with Crippen LogP contribution in [-0.2, 0) is 35.1 Å². The fraction of sp³-hybridized carbons (Fsp3) is 0.576. The second-order valence-corrected chi connectivity index (χ2v) is 20.9. The number of hydrogen-bond acceptors (Lipinski definition) is 8. The zero-order chi connectivity index (χ0) is 32.2. The molecular formula is C33H45NO8SSi. The first-order chi connectivity index (χ1) is 20.4. The molecule has 0 amide bonds. The number of carbonyl (C=O) groups excluding carboxylic acids is 2. The first kappa shape index (κ1) is 32.7. The first-order valence-corrected chi connectivity index (χ1v) is 19.9. The average Bonchev–Trinajstić information content (AvgIpc) is 3.20. The number of aromatic hydroxyl groups is 1. The Morgan fingerprint density at radius 3 is 2.52 bits per heavy atom. The number of esters is 2. The molecule has 2 aromatic rings. The van der Waals surface area contributed by atoms with Crippen LogP contribution in [0.2, 0.25) is 18.1 Å². The molecule has 0 heterocycles. The predicted molar refractivity (Wildman–Crippen MR) is 168 cm³/mol. The van der Waals surface area contributed by atoms with Crippen LogP contribution in [0.5, 0.6) is 5.75 Å². The summed E-state index contributed by atoms with van der Waals surface area (Å²) < 4.78 is 41.9. The van der Waals surface area contributed by atoms with Crippen LogP contribution < -0.4 is 5.14 Å². The average molecular weight is 644 g/mol. The number of sulfonamides is 1. The van der Waals surface area contributed by atoms with E-state index in [4.69, 9.17) is 19.0 Å². The molecule has 0 radical (unpaired) electrons. The molecule has 44 heavy (non-hydrogen) atoms. The number of primary sulfonamides is 1. The van der Waals surface area contributed by atoms with Gasteiger partial charge in [-0.3, -0.25) is 0 Å². The van der Waals surface area contributed by atoms with Crippen molar-refractivity contribution in [3.05, 3.63) is 59.2 Å². The zero-order valence-electron chi connectivity index (χ0n) is 26.5. The second kappa shape index (κ2) is 11.6. The van der Waals surface area contributed by atoms with Gasteiger partial charge in [-0.25, -0.2) is 23.1 Å². The SMILES string of the molecule is CC(C)(C)[Si](C)(C)O[C@@H]1CC2C3CCc4cc(O)ccc4C3CC[C@]2(C)[C@H]1OC(=O)COC(=O)c1cccc(S(N)(=O)=O)c1. The highest BCUT2D eigenvalue weighted by molar-refractivity contribution is 7.89. The molecule has 3 unspecified atom stereocenters. The minimum Gasteiger partial charge on any atom is -0.508 e. The molecule has 0 aliphatic heterocycles. The van der Waals surface area contributed by atoms with Gasteiger partial charge in [0.05, 0.1) is 16.6 Å². The Balaban J connectivity index is 1.36. The molecular weight excluding hydrogens is 599 g/mol. The van der Waals surface area contributed by atoms with E-state index in [-0.39, 0.29) is 32.9 Å². The molecule has 0 spiro atoms. The summed E-state index contributed by atoms with van der Waals surface area (Å²) >= 11 is 0. The van der Waals surface area contributed by atoms with Crippen molar-refractivity contribution in [1.29, 1.82) is 0 Å². The van der Waals surface area contributed by atoms with Crippen LogP contribution in [0, 0.1) is 17.3 Å². The molecule has 0 aromatic heterocycles. The highest BCUT2D eigenvalue weighted by Crippen LogP contribution is 2.62. The third-order valence-electron chi connectivity index (χ3n) is 10.9. The van der Waals surface area contributed by atoms with E-state index >= 15 is 0 Å². The van der Waals surface area contributed by atoms with Crippen molar-refractivity contribution in [1.82, 2.24) is 0 Å². The van der Waals surface area contributed by atoms with Gasteiger partial charge >= 0.3 is 11.9 Å². The summed E-state index contributed by atoms with van der Waals surface area (Å²) in [6.45, 7) is 12.6. The third kappa shape index (κ3) is 6.20. The van der Waals surface area contributed by atoms with Crippen LogP contribution in [-0.4, -0.2) is 52.6 Å². The van der Waals surface area contributed by atoms with Gasteiger partial charge in [0.2, 0.25) is 10.0 Å². The van der Waals surface area contributed by atoms with E-state index in [1.54, 1.807) is 6.07 Å². The maximum absolute atomic E-state index is 13.3. The topological polar surface area (TPSA) is 142 Å². The van der Waals surface area contributed by atoms with Gasteiger partial charge < -0.3 is 19.0 Å². The molecule has 3 aliphatic carbocycles. The molecule has 2 saturated carbocycles. The van der Waals surface area contributed by atoms with Gasteiger partial charge in [0.25, 0.3) is 0 Å². The number of aryl methyl sites for hydroxylation is 1. The van der Waals surface area contributed by atoms with Crippen LogP contribution in [0.1, 0.15) is 80.8 Å². The molecule has 11 heteroatoms. The fourth-order valence-corrected chi connectivity index (χ4v) is 9.46. The van der Waals surface area contributed by atoms with Gasteiger partial charge in [0, 0.05) is 5.41 Å². The first-order valence-electron chi connectivity index (χ1n) is 15.4. The van der Waals surface area contributed by atoms with Crippen molar-refractivity contribution in [3.63, 3.8) is 0 Å². The number of hydrogen-bond donors (Lipinski definition) is 2. The summed E-state index contributed by atoms with van der Waals surface area (Å²) in [7, 11) is -6.24. The Hall–Kier alpha value is -2.73. The van der Waals surface area contributed by atoms with Crippen LogP contribution in [0.15, 0.2) is 47.4 Å². The van der Waals surface area contributed by atoms with E-state index in [2.05, 4.69) is 46.9 Å². The lowest BCUT2D eigenvalue weighted by molar-refractivity contribution is -0.166. The normalized spacial score (nSPS) is 28.4. The van der Waals surface area contributed by atoms with Crippen LogP contribution in [0.25, 0.3) is 0 Å². The molecule has 2 aromatic carbocycles. The molecule has 5 rings (SSSR count). The molecule has 2 fully saturated rings. The van der Waals surface area contributed by atoms with Crippen molar-refractivity contribution in [2.45, 2.75) is 101 Å². The third-order valence-corrected chi connectivity index (χ3v) is 16.3. The molecule has 6 atom stereocenters. The number of phenols is 1. The maximum atomic E-state index is 13.3. The number of rotatable bonds is 7. The van der Waals surface area contributed by atoms with Crippen molar-refractivity contribution >= 4 is 30.3 Å². The van der Waals surface area contributed by atoms with Crippen molar-refractivity contribution < 1.29 is 37.0 Å². The minimum atomic E-state index is -4.00. The Labute approximate surface area is 261 Å². The lowest BCUT2D eigenvalue weighted by Gasteiger charge is -2.50. The molecule has 9 nitrogen and oxygen atoms in total. The van der Waals surface area contributed by atoms with E-state index in [0.717, 1.165) is 38.2 Å². The molecule has 3 N–H and O–H groups in total. The second-order valence-electron chi connectivity index (χ2n) is 14.6. The summed E-state index contributed by atoms with van der Waals surface area (Å²) in [6, 6.07) is 10.9. The highest BCUT2D eigenvalue weighted by Gasteiger charge is 2.61. The monoisotopic (exact) mass is 643 g/mol. The molecule has 0 saturated heterocycles. The van der Waals surface area contributed by atoms with Crippen molar-refractivity contribution in [2.75, 3.05) is 6.61 Å². The molecule has 0 bridgehead atoms. The van der Waals surface area contributed by atoms with Gasteiger partial charge in [0.1, 0.15) is 11.9 Å². The number of fused-ring (bicyclic) bond motifs is 5. The fourth-order valence-electron chi connectivity index (χ4n) is 7.57. The van der Waals surface area contributed by atoms with E-state index in [9.17, 15) is 23.1 Å². The van der Waals surface area contributed by atoms with Gasteiger partial charge in [0.15, 0.2) is 14.9 Å². The van der Waals surface area contributed by atoms with Gasteiger partial charge in [-0.1, -0.05) is 39.8 Å². The summed E-state index contributed by atoms with van der Waals surface area (Å²) in [6.07, 6.45) is 3.72. The maximum Gasteiger partial charge on any atom is 0.344 e. The standard InChI is InChI=1S/C33H45NO8SSi/c1-32(2,3)44(5,6)42-28-18-27-26-12-10-20-16-22(35)11-13-24(20)25(26)14-15-33(27,4)30(28)41-29(36)19-40-31(37)21-8-7-9-23(17-21)43(34,38)39/h7-9,11,13,16-17,25-28,30,35H,10,12,14-15,18-19H2,1-6H3,(H2,34,38,39)/t25?,26?,27?,28-,30+,33+/m1/s1. The number of ether oxygens (including phenoxy) is 2. The van der Waals surface area contributed by atoms with E-state index in [1.807, 2.05) is 6.07 Å². The highest BCUT2D eigenvalue weighted by atomic mass is 32.2. The van der Waals surface area contributed by atoms with Crippen LogP contribution >= 0.6 is 0 Å². The Morgan fingerprint density at radius 1 is 1.11 bits per heavy atom. The number of carbonyl (C=O) groups is 2. The van der Waals surface area contributed by atoms with Gasteiger partial charge in [-0.05, 0) is 109 Å². The quantitative estimate of drug-likeness (QED) is 0.291. The van der Waals surface area contributed by atoms with E-state index in [1.165, 1.54) is 29.3 Å². The predicted octanol–water partition coefficient (Wildman–Crippen LogP) is 5.66. The Kier molecular flexibility index (Phi) is 8.58. The lowest BCUT2D eigenvalue weighted by atomic mass is 9.55. The summed E-state index contributed by atoms with van der Waals surface area (Å²) in [5.41, 5.74) is 2.20. The van der Waals surface area contributed by atoms with Gasteiger partial charge in [-0.2, -0.15) is 0 Å². The number of nitrogens with two attached hydrogens (primary N) is 1.